The third kappa shape index (κ3) is 3.64. The highest BCUT2D eigenvalue weighted by Gasteiger charge is 2.29. The van der Waals surface area contributed by atoms with Crippen molar-refractivity contribution in [2.45, 2.75) is 19.1 Å². The number of nitrogens with one attached hydrogen (secondary N) is 1. The summed E-state index contributed by atoms with van der Waals surface area (Å²) < 4.78 is 22.8. The van der Waals surface area contributed by atoms with Gasteiger partial charge in [0.1, 0.15) is 13.2 Å². The second kappa shape index (κ2) is 7.98. The Labute approximate surface area is 154 Å². The van der Waals surface area contributed by atoms with E-state index in [0.717, 1.165) is 43.2 Å². The third-order valence-electron chi connectivity index (χ3n) is 4.97. The highest BCUT2D eigenvalue weighted by atomic mass is 16.6. The highest BCUT2D eigenvalue weighted by Crippen LogP contribution is 2.40. The molecule has 2 aromatic carbocycles. The monoisotopic (exact) mass is 355 g/mol. The summed E-state index contributed by atoms with van der Waals surface area (Å²) in [7, 11) is 1.66. The summed E-state index contributed by atoms with van der Waals surface area (Å²) in [5.41, 5.74) is 2.39. The van der Waals surface area contributed by atoms with E-state index in [1.54, 1.807) is 7.11 Å². The molecule has 2 atom stereocenters. The van der Waals surface area contributed by atoms with Gasteiger partial charge in [0.2, 0.25) is 5.75 Å². The average molecular weight is 355 g/mol. The van der Waals surface area contributed by atoms with Crippen LogP contribution in [0.25, 0.3) is 0 Å². The van der Waals surface area contributed by atoms with E-state index >= 15 is 0 Å². The van der Waals surface area contributed by atoms with E-state index in [2.05, 4.69) is 29.6 Å². The first-order valence-corrected chi connectivity index (χ1v) is 9.19. The van der Waals surface area contributed by atoms with Crippen molar-refractivity contribution in [2.75, 3.05) is 33.5 Å². The number of ether oxygens (including phenoxy) is 4. The Bertz CT molecular complexity index is 717. The summed E-state index contributed by atoms with van der Waals surface area (Å²) >= 11 is 0. The zero-order chi connectivity index (χ0) is 17.8. The maximum Gasteiger partial charge on any atom is 0.203 e. The summed E-state index contributed by atoms with van der Waals surface area (Å²) in [6, 6.07) is 14.5. The number of rotatable bonds is 6. The van der Waals surface area contributed by atoms with Gasteiger partial charge in [-0.15, -0.1) is 0 Å². The van der Waals surface area contributed by atoms with Crippen molar-refractivity contribution in [3.05, 3.63) is 53.6 Å². The molecule has 0 aromatic heterocycles. The van der Waals surface area contributed by atoms with E-state index in [9.17, 15) is 0 Å². The van der Waals surface area contributed by atoms with Crippen LogP contribution in [0.5, 0.6) is 17.2 Å². The van der Waals surface area contributed by atoms with Gasteiger partial charge in [0.05, 0.1) is 13.2 Å². The van der Waals surface area contributed by atoms with E-state index in [-0.39, 0.29) is 6.10 Å². The number of methoxy groups -OCH3 is 1. The molecule has 2 aromatic rings. The van der Waals surface area contributed by atoms with Crippen LogP contribution in [0.15, 0.2) is 42.5 Å². The molecule has 0 saturated carbocycles. The molecule has 1 N–H and O–H groups in total. The quantitative estimate of drug-likeness (QED) is 0.861. The van der Waals surface area contributed by atoms with Crippen LogP contribution >= 0.6 is 0 Å². The van der Waals surface area contributed by atoms with Gasteiger partial charge >= 0.3 is 0 Å². The summed E-state index contributed by atoms with van der Waals surface area (Å²) in [6.45, 7) is 3.62. The Morgan fingerprint density at radius 2 is 1.92 bits per heavy atom. The number of hydrogen-bond donors (Lipinski definition) is 1. The van der Waals surface area contributed by atoms with Gasteiger partial charge in [-0.1, -0.05) is 30.3 Å². The largest absolute Gasteiger partial charge is 0.493 e. The Hall–Kier alpha value is -2.24. The van der Waals surface area contributed by atoms with E-state index in [1.165, 1.54) is 5.56 Å². The van der Waals surface area contributed by atoms with E-state index < -0.39 is 0 Å². The van der Waals surface area contributed by atoms with Crippen molar-refractivity contribution in [1.82, 2.24) is 5.32 Å². The summed E-state index contributed by atoms with van der Waals surface area (Å²) in [4.78, 5) is 0. The van der Waals surface area contributed by atoms with Crippen LogP contribution < -0.4 is 19.5 Å². The molecule has 0 spiro atoms. The van der Waals surface area contributed by atoms with Crippen LogP contribution in [0.2, 0.25) is 0 Å². The predicted molar refractivity (Wildman–Crippen MR) is 98.9 cm³/mol. The van der Waals surface area contributed by atoms with Crippen LogP contribution in [0, 0.1) is 5.92 Å². The lowest BCUT2D eigenvalue weighted by Crippen LogP contribution is -2.25. The Morgan fingerprint density at radius 3 is 2.77 bits per heavy atom. The van der Waals surface area contributed by atoms with Gasteiger partial charge in [0.15, 0.2) is 11.5 Å². The molecule has 0 amide bonds. The number of fused-ring (bicyclic) bond motifs is 1. The van der Waals surface area contributed by atoms with E-state index in [1.807, 2.05) is 18.2 Å². The maximum absolute atomic E-state index is 5.97. The average Bonchev–Trinajstić information content (AvgIpc) is 3.16. The molecule has 2 aliphatic heterocycles. The van der Waals surface area contributed by atoms with Crippen LogP contribution in [0.4, 0.5) is 0 Å². The minimum absolute atomic E-state index is 0.179. The zero-order valence-corrected chi connectivity index (χ0v) is 15.1. The van der Waals surface area contributed by atoms with Crippen LogP contribution in [-0.4, -0.2) is 33.5 Å². The first kappa shape index (κ1) is 17.2. The van der Waals surface area contributed by atoms with Gasteiger partial charge in [0.25, 0.3) is 0 Å². The second-order valence-corrected chi connectivity index (χ2v) is 6.70. The molecule has 0 aliphatic carbocycles. The summed E-state index contributed by atoms with van der Waals surface area (Å²) in [5.74, 6) is 2.68. The zero-order valence-electron chi connectivity index (χ0n) is 15.1. The van der Waals surface area contributed by atoms with Gasteiger partial charge < -0.3 is 24.3 Å². The van der Waals surface area contributed by atoms with Crippen LogP contribution in [0.3, 0.4) is 0 Å². The molecular weight excluding hydrogens is 330 g/mol. The third-order valence-corrected chi connectivity index (χ3v) is 4.97. The Balaban J connectivity index is 1.39. The lowest BCUT2D eigenvalue weighted by Gasteiger charge is -2.22. The van der Waals surface area contributed by atoms with E-state index in [0.29, 0.717) is 24.9 Å². The molecule has 138 valence electrons. The van der Waals surface area contributed by atoms with Gasteiger partial charge in [0, 0.05) is 25.6 Å². The number of hydrogen-bond acceptors (Lipinski definition) is 5. The van der Waals surface area contributed by atoms with Gasteiger partial charge in [-0.05, 0) is 29.7 Å². The molecule has 1 saturated heterocycles. The topological polar surface area (TPSA) is 49.0 Å². The van der Waals surface area contributed by atoms with Crippen molar-refractivity contribution in [3.63, 3.8) is 0 Å². The molecule has 5 heteroatoms. The van der Waals surface area contributed by atoms with Crippen molar-refractivity contribution in [1.29, 1.82) is 0 Å². The first-order chi connectivity index (χ1) is 12.8. The maximum atomic E-state index is 5.97. The fourth-order valence-electron chi connectivity index (χ4n) is 3.69. The van der Waals surface area contributed by atoms with Gasteiger partial charge in [-0.3, -0.25) is 0 Å². The highest BCUT2D eigenvalue weighted by molar-refractivity contribution is 5.54. The van der Waals surface area contributed by atoms with Gasteiger partial charge in [-0.25, -0.2) is 0 Å². The molecule has 26 heavy (non-hydrogen) atoms. The van der Waals surface area contributed by atoms with Crippen molar-refractivity contribution in [2.24, 2.45) is 5.92 Å². The van der Waals surface area contributed by atoms with Crippen LogP contribution in [-0.2, 0) is 11.3 Å². The second-order valence-electron chi connectivity index (χ2n) is 6.70. The fraction of sp³-hybridized carbons (Fsp3) is 0.429. The molecule has 0 bridgehead atoms. The number of benzene rings is 2. The molecule has 2 aliphatic rings. The molecule has 2 heterocycles. The molecule has 4 rings (SSSR count). The van der Waals surface area contributed by atoms with Gasteiger partial charge in [-0.2, -0.15) is 0 Å². The first-order valence-electron chi connectivity index (χ1n) is 9.19. The minimum atomic E-state index is 0.179. The van der Waals surface area contributed by atoms with Crippen LogP contribution in [0.1, 0.15) is 23.7 Å². The summed E-state index contributed by atoms with van der Waals surface area (Å²) in [6.07, 6.45) is 1.26. The molecule has 5 nitrogen and oxygen atoms in total. The Kier molecular flexibility index (Phi) is 5.27. The standard InChI is InChI=1S/C21H25NO4/c1-23-18-11-15(12-19-21(18)26-10-9-24-19)13-22-14-17-7-8-25-20(17)16-5-3-2-4-6-16/h2-6,11-12,17,20,22H,7-10,13-14H2,1H3/t17-,20-/m1/s1. The molecular formula is C21H25NO4. The van der Waals surface area contributed by atoms with Crippen molar-refractivity contribution < 1.29 is 18.9 Å². The predicted octanol–water partition coefficient (Wildman–Crippen LogP) is 3.33. The fourth-order valence-corrected chi connectivity index (χ4v) is 3.69. The lowest BCUT2D eigenvalue weighted by atomic mass is 9.95. The minimum Gasteiger partial charge on any atom is -0.493 e. The van der Waals surface area contributed by atoms with Crippen molar-refractivity contribution in [3.8, 4) is 17.2 Å². The molecule has 1 fully saturated rings. The smallest absolute Gasteiger partial charge is 0.203 e. The Morgan fingerprint density at radius 1 is 1.08 bits per heavy atom. The summed E-state index contributed by atoms with van der Waals surface area (Å²) in [5, 5.41) is 3.57. The lowest BCUT2D eigenvalue weighted by molar-refractivity contribution is 0.0904. The van der Waals surface area contributed by atoms with E-state index in [4.69, 9.17) is 18.9 Å². The normalized spacial score (nSPS) is 21.6. The molecule has 0 radical (unpaired) electrons. The SMILES string of the molecule is COc1cc(CNC[C@H]2CCO[C@@H]2c2ccccc2)cc2c1OCCO2. The van der Waals surface area contributed by atoms with Crippen molar-refractivity contribution >= 4 is 0 Å². The molecule has 0 unspecified atom stereocenters.